The van der Waals surface area contributed by atoms with E-state index in [0.29, 0.717) is 0 Å². The summed E-state index contributed by atoms with van der Waals surface area (Å²) in [6, 6.07) is 12.2. The molecule has 0 aliphatic carbocycles. The molecule has 64 valence electrons. The van der Waals surface area contributed by atoms with E-state index in [1.54, 1.807) is 6.20 Å². The molecular weight excluding hydrogens is 158 g/mol. The lowest BCUT2D eigenvalue weighted by Gasteiger charge is -1.97. The van der Waals surface area contributed by atoms with Gasteiger partial charge in [-0.05, 0) is 16.0 Å². The minimum Gasteiger partial charge on any atom is -0.404 e. The molecule has 0 fully saturated rings. The van der Waals surface area contributed by atoms with Crippen LogP contribution in [-0.2, 0) is 0 Å². The Hall–Kier alpha value is -1.76. The fourth-order valence-electron chi connectivity index (χ4n) is 1.54. The molecule has 2 aromatic carbocycles. The number of benzene rings is 2. The van der Waals surface area contributed by atoms with Gasteiger partial charge in [0.2, 0.25) is 0 Å². The summed E-state index contributed by atoms with van der Waals surface area (Å²) >= 11 is 0. The Morgan fingerprint density at radius 1 is 1.08 bits per heavy atom. The van der Waals surface area contributed by atoms with Gasteiger partial charge in [0.1, 0.15) is 0 Å². The van der Waals surface area contributed by atoms with Crippen LogP contribution in [0.5, 0.6) is 0 Å². The minimum atomic E-state index is 0.973. The van der Waals surface area contributed by atoms with Crippen molar-refractivity contribution in [1.82, 2.24) is 0 Å². The summed E-state index contributed by atoms with van der Waals surface area (Å²) < 4.78 is 0. The summed E-state index contributed by atoms with van der Waals surface area (Å²) in [6.45, 7) is 3.93. The second kappa shape index (κ2) is 2.94. The maximum atomic E-state index is 5.55. The van der Waals surface area contributed by atoms with Crippen LogP contribution in [-0.4, -0.2) is 0 Å². The molecule has 1 heteroatoms. The first-order valence-corrected chi connectivity index (χ1v) is 4.21. The van der Waals surface area contributed by atoms with Gasteiger partial charge in [-0.2, -0.15) is 0 Å². The third-order valence-electron chi connectivity index (χ3n) is 2.23. The first-order chi connectivity index (χ1) is 6.33. The minimum absolute atomic E-state index is 0.973. The summed E-state index contributed by atoms with van der Waals surface area (Å²) in [6.07, 6.45) is 1.62. The van der Waals surface area contributed by atoms with Gasteiger partial charge in [-0.25, -0.2) is 0 Å². The van der Waals surface area contributed by atoms with Gasteiger partial charge in [0.15, 0.2) is 0 Å². The van der Waals surface area contributed by atoms with E-state index < -0.39 is 0 Å². The van der Waals surface area contributed by atoms with E-state index in [2.05, 4.69) is 24.8 Å². The Morgan fingerprint density at radius 2 is 1.85 bits per heavy atom. The fraction of sp³-hybridized carbons (Fsp3) is 0. The van der Waals surface area contributed by atoms with Crippen molar-refractivity contribution >= 4 is 23.6 Å². The van der Waals surface area contributed by atoms with Gasteiger partial charge < -0.3 is 5.73 Å². The fourth-order valence-corrected chi connectivity index (χ4v) is 1.54. The summed E-state index contributed by atoms with van der Waals surface area (Å²) in [5, 5.41) is 4.36. The Labute approximate surface area is 76.8 Å². The zero-order chi connectivity index (χ0) is 9.26. The van der Waals surface area contributed by atoms with Crippen LogP contribution in [0, 0.1) is 0 Å². The normalized spacial score (nSPS) is 12.2. The van der Waals surface area contributed by atoms with Gasteiger partial charge in [-0.3, -0.25) is 0 Å². The molecule has 0 aromatic heterocycles. The van der Waals surface area contributed by atoms with E-state index in [-0.39, 0.29) is 0 Å². The van der Waals surface area contributed by atoms with Crippen LogP contribution in [0.4, 0.5) is 0 Å². The molecule has 2 N–H and O–H groups in total. The lowest BCUT2D eigenvalue weighted by molar-refractivity contribution is 1.56. The zero-order valence-electron chi connectivity index (χ0n) is 7.33. The van der Waals surface area contributed by atoms with Crippen molar-refractivity contribution in [2.75, 3.05) is 0 Å². The van der Waals surface area contributed by atoms with E-state index in [1.807, 2.05) is 18.2 Å². The Morgan fingerprint density at radius 3 is 2.62 bits per heavy atom. The molecule has 1 nitrogen and oxygen atoms in total. The molecule has 0 saturated carbocycles. The van der Waals surface area contributed by atoms with Crippen molar-refractivity contribution in [3.63, 3.8) is 0 Å². The van der Waals surface area contributed by atoms with Gasteiger partial charge in [0, 0.05) is 11.4 Å². The van der Waals surface area contributed by atoms with E-state index >= 15 is 0 Å². The molecule has 13 heavy (non-hydrogen) atoms. The highest BCUT2D eigenvalue weighted by Crippen LogP contribution is 2.05. The Kier molecular flexibility index (Phi) is 1.78. The molecule has 0 unspecified atom stereocenters. The summed E-state index contributed by atoms with van der Waals surface area (Å²) in [5.41, 5.74) is 5.55. The van der Waals surface area contributed by atoms with Gasteiger partial charge in [0.25, 0.3) is 0 Å². The third-order valence-corrected chi connectivity index (χ3v) is 2.23. The summed E-state index contributed by atoms with van der Waals surface area (Å²) in [4.78, 5) is 0. The molecule has 0 saturated heterocycles. The summed E-state index contributed by atoms with van der Waals surface area (Å²) in [7, 11) is 0. The molecule has 0 radical (unpaired) electrons. The van der Waals surface area contributed by atoms with Crippen molar-refractivity contribution in [2.45, 2.75) is 0 Å². The number of nitrogens with two attached hydrogens (primary N) is 1. The van der Waals surface area contributed by atoms with Gasteiger partial charge in [-0.1, -0.05) is 43.0 Å². The van der Waals surface area contributed by atoms with E-state index in [1.165, 1.54) is 5.39 Å². The Bertz CT molecular complexity index is 541. The largest absolute Gasteiger partial charge is 0.404 e. The monoisotopic (exact) mass is 169 g/mol. The van der Waals surface area contributed by atoms with E-state index in [9.17, 15) is 0 Å². The highest BCUT2D eigenvalue weighted by atomic mass is 14.5. The lowest BCUT2D eigenvalue weighted by atomic mass is 10.1. The molecule has 0 amide bonds. The molecule has 0 atom stereocenters. The molecule has 0 heterocycles. The third kappa shape index (κ3) is 1.18. The van der Waals surface area contributed by atoms with Crippen molar-refractivity contribution in [2.24, 2.45) is 5.73 Å². The van der Waals surface area contributed by atoms with E-state index in [0.717, 1.165) is 15.8 Å². The number of hydrogen-bond acceptors (Lipinski definition) is 1. The van der Waals surface area contributed by atoms with Crippen LogP contribution in [0.3, 0.4) is 0 Å². The average Bonchev–Trinajstić information content (AvgIpc) is 2.18. The predicted octanol–water partition coefficient (Wildman–Crippen LogP) is 0.947. The highest BCUT2D eigenvalue weighted by Gasteiger charge is 1.92. The summed E-state index contributed by atoms with van der Waals surface area (Å²) in [5.74, 6) is 0. The molecule has 2 aromatic rings. The highest BCUT2D eigenvalue weighted by molar-refractivity contribution is 5.83. The Balaban J connectivity index is 3.11. The quantitative estimate of drug-likeness (QED) is 0.624. The second-order valence-corrected chi connectivity index (χ2v) is 3.03. The van der Waals surface area contributed by atoms with Crippen LogP contribution >= 0.6 is 0 Å². The second-order valence-electron chi connectivity index (χ2n) is 3.03. The number of fused-ring (bicyclic) bond motifs is 1. The molecule has 0 bridgehead atoms. The van der Waals surface area contributed by atoms with E-state index in [4.69, 9.17) is 5.73 Å². The van der Waals surface area contributed by atoms with Crippen LogP contribution in [0.15, 0.2) is 36.4 Å². The van der Waals surface area contributed by atoms with Crippen LogP contribution in [0.2, 0.25) is 0 Å². The number of rotatable bonds is 0. The van der Waals surface area contributed by atoms with Gasteiger partial charge in [0.05, 0.1) is 0 Å². The zero-order valence-corrected chi connectivity index (χ0v) is 7.33. The van der Waals surface area contributed by atoms with Crippen molar-refractivity contribution < 1.29 is 0 Å². The molecule has 2 rings (SSSR count). The molecule has 0 spiro atoms. The van der Waals surface area contributed by atoms with Crippen LogP contribution in [0.1, 0.15) is 0 Å². The van der Waals surface area contributed by atoms with Gasteiger partial charge in [-0.15, -0.1) is 0 Å². The predicted molar refractivity (Wildman–Crippen MR) is 57.4 cm³/mol. The topological polar surface area (TPSA) is 26.0 Å². The first kappa shape index (κ1) is 7.87. The maximum Gasteiger partial charge on any atom is 0.00436 e. The van der Waals surface area contributed by atoms with Crippen molar-refractivity contribution in [3.8, 4) is 0 Å². The first-order valence-electron chi connectivity index (χ1n) is 4.21. The molecular formula is C12H11N. The average molecular weight is 169 g/mol. The molecule has 0 aliphatic heterocycles. The SMILES string of the molecule is C=c1ccc2ccccc2/c1=C/N. The lowest BCUT2D eigenvalue weighted by Crippen LogP contribution is -2.24. The van der Waals surface area contributed by atoms with Gasteiger partial charge >= 0.3 is 0 Å². The standard InChI is InChI=1S/C12H11N/c1-9-6-7-10-4-2-3-5-11(10)12(9)8-13/h2-8H,1,13H2/b12-8+. The molecule has 0 aliphatic rings. The van der Waals surface area contributed by atoms with Crippen LogP contribution in [0.25, 0.3) is 23.6 Å². The smallest absolute Gasteiger partial charge is 0.00436 e. The number of hydrogen-bond donors (Lipinski definition) is 1. The van der Waals surface area contributed by atoms with Crippen molar-refractivity contribution in [1.29, 1.82) is 0 Å². The van der Waals surface area contributed by atoms with Crippen molar-refractivity contribution in [3.05, 3.63) is 46.8 Å². The maximum absolute atomic E-state index is 5.55. The van der Waals surface area contributed by atoms with Crippen LogP contribution < -0.4 is 16.2 Å².